The van der Waals surface area contributed by atoms with Crippen LogP contribution in [0.5, 0.6) is 0 Å². The Morgan fingerprint density at radius 2 is 1.57 bits per heavy atom. The molecule has 10 heteroatoms. The van der Waals surface area contributed by atoms with Crippen molar-refractivity contribution in [3.05, 3.63) is 71.6 Å². The fourth-order valence-corrected chi connectivity index (χ4v) is 7.98. The number of ether oxygens (including phenoxy) is 1. The first-order valence-corrected chi connectivity index (χ1v) is 17.7. The molecule has 0 spiro atoms. The molecular weight excluding hydrogens is 616 g/mol. The molecule has 4 aromatic rings. The number of methoxy groups -OCH3 is 1. The highest BCUT2D eigenvalue weighted by Gasteiger charge is 2.38. The highest BCUT2D eigenvalue weighted by Crippen LogP contribution is 2.39. The monoisotopic (exact) mass is 662 g/mol. The van der Waals surface area contributed by atoms with Crippen LogP contribution in [0.2, 0.25) is 0 Å². The number of carbonyl (C=O) groups is 3. The lowest BCUT2D eigenvalue weighted by Gasteiger charge is -2.29. The van der Waals surface area contributed by atoms with Gasteiger partial charge in [0.1, 0.15) is 11.6 Å². The average molecular weight is 663 g/mol. The Bertz CT molecular complexity index is 1860. The van der Waals surface area contributed by atoms with Crippen LogP contribution in [0.3, 0.4) is 0 Å². The molecule has 3 aliphatic rings. The largest absolute Gasteiger partial charge is 0.469 e. The van der Waals surface area contributed by atoms with E-state index < -0.39 is 5.92 Å². The Labute approximate surface area is 287 Å². The molecule has 49 heavy (non-hydrogen) atoms. The number of imidazole rings is 2. The minimum absolute atomic E-state index is 0.00645. The molecule has 7 rings (SSSR count). The maximum Gasteiger partial charge on any atom is 0.306 e. The third kappa shape index (κ3) is 6.40. The summed E-state index contributed by atoms with van der Waals surface area (Å²) in [5.74, 6) is 1.05. The Morgan fingerprint density at radius 3 is 2.29 bits per heavy atom. The van der Waals surface area contributed by atoms with E-state index in [1.54, 1.807) is 6.92 Å². The van der Waals surface area contributed by atoms with Crippen LogP contribution in [-0.2, 0) is 32.0 Å². The van der Waals surface area contributed by atoms with Gasteiger partial charge in [-0.25, -0.2) is 9.97 Å². The lowest BCUT2D eigenvalue weighted by molar-refractivity contribution is -0.148. The molecular formula is C39H46N6O4. The molecule has 2 aromatic heterocycles. The Balaban J connectivity index is 1.10. The minimum Gasteiger partial charge on any atom is -0.469 e. The second kappa shape index (κ2) is 13.6. The third-order valence-corrected chi connectivity index (χ3v) is 10.7. The Morgan fingerprint density at radius 1 is 0.878 bits per heavy atom. The lowest BCUT2D eigenvalue weighted by atomic mass is 9.90. The lowest BCUT2D eigenvalue weighted by Crippen LogP contribution is -2.39. The molecule has 3 atom stereocenters. The van der Waals surface area contributed by atoms with Crippen molar-refractivity contribution in [1.82, 2.24) is 29.7 Å². The second-order valence-corrected chi connectivity index (χ2v) is 14.1. The van der Waals surface area contributed by atoms with Gasteiger partial charge in [-0.05, 0) is 73.1 Å². The summed E-state index contributed by atoms with van der Waals surface area (Å²) >= 11 is 0. The van der Waals surface area contributed by atoms with Crippen molar-refractivity contribution < 1.29 is 19.1 Å². The van der Waals surface area contributed by atoms with Gasteiger partial charge >= 0.3 is 5.97 Å². The van der Waals surface area contributed by atoms with Crippen molar-refractivity contribution in [2.24, 2.45) is 11.8 Å². The number of benzene rings is 2. The fraction of sp³-hybridized carbons (Fsp3) is 0.462. The Hall–Kier alpha value is -4.73. The first kappa shape index (κ1) is 32.8. The number of aromatic amines is 2. The zero-order valence-corrected chi connectivity index (χ0v) is 28.9. The number of fused-ring (bicyclic) bond motifs is 3. The number of amides is 2. The maximum absolute atomic E-state index is 13.7. The van der Waals surface area contributed by atoms with Crippen LogP contribution in [0, 0.1) is 11.8 Å². The maximum atomic E-state index is 13.7. The van der Waals surface area contributed by atoms with Crippen LogP contribution in [0.4, 0.5) is 0 Å². The van der Waals surface area contributed by atoms with Crippen molar-refractivity contribution in [3.8, 4) is 33.6 Å². The van der Waals surface area contributed by atoms with Gasteiger partial charge in [-0.1, -0.05) is 56.3 Å². The van der Waals surface area contributed by atoms with Crippen molar-refractivity contribution in [1.29, 1.82) is 0 Å². The quantitative estimate of drug-likeness (QED) is 0.200. The van der Waals surface area contributed by atoms with Crippen molar-refractivity contribution in [3.63, 3.8) is 0 Å². The van der Waals surface area contributed by atoms with E-state index in [0.29, 0.717) is 6.54 Å². The van der Waals surface area contributed by atoms with E-state index in [1.807, 2.05) is 29.8 Å². The van der Waals surface area contributed by atoms with E-state index in [4.69, 9.17) is 9.72 Å². The molecule has 2 saturated heterocycles. The number of H-pyrrole nitrogens is 2. The minimum atomic E-state index is -0.415. The second-order valence-electron chi connectivity index (χ2n) is 14.1. The van der Waals surface area contributed by atoms with Crippen LogP contribution in [0.25, 0.3) is 33.6 Å². The smallest absolute Gasteiger partial charge is 0.306 e. The molecule has 0 bridgehead atoms. The number of likely N-dealkylation sites (tertiary alicyclic amines) is 2. The van der Waals surface area contributed by atoms with Gasteiger partial charge in [0.2, 0.25) is 11.8 Å². The molecule has 10 nitrogen and oxygen atoms in total. The number of rotatable bonds is 8. The van der Waals surface area contributed by atoms with Crippen LogP contribution in [0.15, 0.2) is 48.7 Å². The normalized spacial score (nSPS) is 19.4. The number of hydrogen-bond acceptors (Lipinski definition) is 6. The van der Waals surface area contributed by atoms with Gasteiger partial charge in [0.15, 0.2) is 0 Å². The molecule has 2 fully saturated rings. The van der Waals surface area contributed by atoms with Crippen molar-refractivity contribution >= 4 is 17.8 Å². The summed E-state index contributed by atoms with van der Waals surface area (Å²) in [6, 6.07) is 15.1. The zero-order valence-electron chi connectivity index (χ0n) is 28.9. The number of esters is 1. The molecule has 1 aliphatic carbocycles. The average Bonchev–Trinajstić information content (AvgIpc) is 3.92. The first-order valence-electron chi connectivity index (χ1n) is 17.7. The van der Waals surface area contributed by atoms with Gasteiger partial charge < -0.3 is 24.5 Å². The van der Waals surface area contributed by atoms with Crippen molar-refractivity contribution in [2.45, 2.75) is 84.2 Å². The molecule has 2 aromatic carbocycles. The van der Waals surface area contributed by atoms with Crippen molar-refractivity contribution in [2.75, 3.05) is 20.2 Å². The number of aryl methyl sites for hydroxylation is 2. The summed E-state index contributed by atoms with van der Waals surface area (Å²) in [6.45, 7) is 7.05. The van der Waals surface area contributed by atoms with E-state index in [1.165, 1.54) is 12.7 Å². The summed E-state index contributed by atoms with van der Waals surface area (Å²) in [7, 11) is 1.37. The predicted octanol–water partition coefficient (Wildman–Crippen LogP) is 6.80. The summed E-state index contributed by atoms with van der Waals surface area (Å²) < 4.78 is 4.90. The van der Waals surface area contributed by atoms with E-state index >= 15 is 0 Å². The van der Waals surface area contributed by atoms with Crippen LogP contribution in [-0.4, -0.2) is 67.7 Å². The van der Waals surface area contributed by atoms with Gasteiger partial charge in [0.05, 0.1) is 49.1 Å². The summed E-state index contributed by atoms with van der Waals surface area (Å²) in [5.41, 5.74) is 8.85. The van der Waals surface area contributed by atoms with E-state index in [2.05, 4.69) is 57.4 Å². The highest BCUT2D eigenvalue weighted by molar-refractivity contribution is 5.84. The summed E-state index contributed by atoms with van der Waals surface area (Å²) in [6.07, 6.45) is 8.52. The highest BCUT2D eigenvalue weighted by atomic mass is 16.5. The zero-order chi connectivity index (χ0) is 34.2. The van der Waals surface area contributed by atoms with Crippen LogP contribution >= 0.6 is 0 Å². The fourth-order valence-electron chi connectivity index (χ4n) is 7.98. The van der Waals surface area contributed by atoms with Gasteiger partial charge in [-0.2, -0.15) is 0 Å². The molecule has 2 amide bonds. The summed E-state index contributed by atoms with van der Waals surface area (Å²) in [5, 5.41) is 0. The first-order chi connectivity index (χ1) is 23.7. The molecule has 256 valence electrons. The standard InChI is InChI=1S/C39H46N6O4/c1-23(2)30(21-35(47)49-4)39(48)45-19-7-11-34(45)38-41-31-9-5-8-28-20-27(16-17-29(28)36(31)43-38)25-12-14-26(15-13-25)32-22-40-37(42-32)33-10-6-18-44(33)24(3)46/h12-17,20,22-23,30,33-34H,5-11,18-19,21H2,1-4H3,(H,40,42)(H,41,43)/t30-,33-,34-/m0/s1. The Kier molecular flexibility index (Phi) is 9.13. The third-order valence-electron chi connectivity index (χ3n) is 10.7. The number of nitrogens with zero attached hydrogens (tertiary/aromatic N) is 4. The number of nitrogens with one attached hydrogen (secondary N) is 2. The SMILES string of the molecule is COC(=O)C[C@H](C(=O)N1CCC[C@H]1c1nc2c([nH]1)CCCc1cc(-c3ccc(-c4cnc([C@@H]5CCCN5C(C)=O)[nH]4)cc3)ccc1-2)C(C)C. The molecule has 2 N–H and O–H groups in total. The molecule has 0 radical (unpaired) electrons. The van der Waals surface area contributed by atoms with Gasteiger partial charge in [0, 0.05) is 31.3 Å². The molecule has 2 aliphatic heterocycles. The summed E-state index contributed by atoms with van der Waals surface area (Å²) in [4.78, 5) is 58.7. The van der Waals surface area contributed by atoms with Gasteiger partial charge in [-0.15, -0.1) is 0 Å². The number of hydrogen-bond donors (Lipinski definition) is 2. The topological polar surface area (TPSA) is 124 Å². The van der Waals surface area contributed by atoms with E-state index in [0.717, 1.165) is 102 Å². The number of aromatic nitrogens is 4. The van der Waals surface area contributed by atoms with Gasteiger partial charge in [0.25, 0.3) is 0 Å². The van der Waals surface area contributed by atoms with E-state index in [-0.39, 0.29) is 42.2 Å². The predicted molar refractivity (Wildman–Crippen MR) is 187 cm³/mol. The molecule has 0 saturated carbocycles. The van der Waals surface area contributed by atoms with Crippen LogP contribution in [0.1, 0.15) is 94.3 Å². The molecule has 0 unspecified atom stereocenters. The van der Waals surface area contributed by atoms with Gasteiger partial charge in [-0.3, -0.25) is 14.4 Å². The van der Waals surface area contributed by atoms with Crippen LogP contribution < -0.4 is 0 Å². The number of carbonyl (C=O) groups excluding carboxylic acids is 3. The molecule has 4 heterocycles. The van der Waals surface area contributed by atoms with E-state index in [9.17, 15) is 14.4 Å².